The maximum atomic E-state index is 5.16. The van der Waals surface area contributed by atoms with E-state index in [9.17, 15) is 0 Å². The van der Waals surface area contributed by atoms with Crippen LogP contribution in [0.2, 0.25) is 0 Å². The van der Waals surface area contributed by atoms with Crippen LogP contribution in [0.25, 0.3) is 27.5 Å². The fraction of sp³-hybridized carbons (Fsp3) is 0.114. The lowest BCUT2D eigenvalue weighted by molar-refractivity contribution is 0.565. The number of thioether (sulfide) groups is 1. The second-order valence-electron chi connectivity index (χ2n) is 13.4. The highest BCUT2D eigenvalue weighted by Gasteiger charge is 2.42. The Kier molecular flexibility index (Phi) is 6.78. The van der Waals surface area contributed by atoms with Gasteiger partial charge in [-0.25, -0.2) is 0 Å². The summed E-state index contributed by atoms with van der Waals surface area (Å²) >= 11 is 1.92. The number of benzene rings is 6. The minimum Gasteiger partial charge on any atom is -0.323 e. The van der Waals surface area contributed by atoms with E-state index in [1.54, 1.807) is 0 Å². The van der Waals surface area contributed by atoms with Gasteiger partial charge >= 0.3 is 0 Å². The molecule has 3 nitrogen and oxygen atoms in total. The van der Waals surface area contributed by atoms with Crippen LogP contribution in [0.4, 0.5) is 5.69 Å². The lowest BCUT2D eigenvalue weighted by Gasteiger charge is -2.35. The Morgan fingerprint density at radius 2 is 1.27 bits per heavy atom. The summed E-state index contributed by atoms with van der Waals surface area (Å²) in [7, 11) is -2.66. The van der Waals surface area contributed by atoms with Gasteiger partial charge in [0.15, 0.2) is 8.07 Å². The van der Waals surface area contributed by atoms with Crippen molar-refractivity contribution in [2.75, 3.05) is 10.7 Å². The maximum absolute atomic E-state index is 5.16. The molecule has 2 aliphatic heterocycles. The molecule has 0 fully saturated rings. The molecule has 5 heteroatoms. The van der Waals surface area contributed by atoms with Crippen LogP contribution in [0.3, 0.4) is 0 Å². The summed E-state index contributed by atoms with van der Waals surface area (Å²) in [5, 5.41) is 8.14. The van der Waals surface area contributed by atoms with Gasteiger partial charge in [-0.1, -0.05) is 133 Å². The van der Waals surface area contributed by atoms with Crippen molar-refractivity contribution in [2.24, 2.45) is 4.99 Å². The highest BCUT2D eigenvalue weighted by molar-refractivity contribution is 8.00. The van der Waals surface area contributed by atoms with Crippen molar-refractivity contribution < 1.29 is 0 Å². The molecule has 2 unspecified atom stereocenters. The van der Waals surface area contributed by atoms with Gasteiger partial charge in [0.2, 0.25) is 0 Å². The largest absolute Gasteiger partial charge is 0.323 e. The summed E-state index contributed by atoms with van der Waals surface area (Å²) < 4.78 is 2.48. The zero-order valence-corrected chi connectivity index (χ0v) is 28.9. The maximum Gasteiger partial charge on any atom is 0.179 e. The van der Waals surface area contributed by atoms with Gasteiger partial charge in [0, 0.05) is 21.4 Å². The number of allylic oxidation sites excluding steroid dienone is 1. The quantitative estimate of drug-likeness (QED) is 0.107. The molecule has 1 aromatic heterocycles. The van der Waals surface area contributed by atoms with Crippen molar-refractivity contribution in [3.63, 3.8) is 0 Å². The lowest BCUT2D eigenvalue weighted by atomic mass is 9.96. The van der Waals surface area contributed by atoms with E-state index in [4.69, 9.17) is 4.99 Å². The number of hydrogen-bond acceptors (Lipinski definition) is 3. The number of aromatic nitrogens is 1. The average Bonchev–Trinajstić information content (AvgIpc) is 3.72. The Labute approximate surface area is 292 Å². The highest BCUT2D eigenvalue weighted by atomic mass is 32.2. The first-order valence-corrected chi connectivity index (χ1v) is 20.3. The molecule has 3 aliphatic rings. The molecule has 236 valence electrons. The number of aliphatic imine (C=N–C) groups is 1. The number of hydrogen-bond donors (Lipinski definition) is 0. The van der Waals surface area contributed by atoms with E-state index in [2.05, 4.69) is 173 Å². The number of anilines is 1. The molecule has 3 heterocycles. The van der Waals surface area contributed by atoms with Crippen LogP contribution in [-0.2, 0) is 0 Å². The zero-order valence-electron chi connectivity index (χ0n) is 27.1. The third-order valence-electron chi connectivity index (χ3n) is 10.8. The zero-order chi connectivity index (χ0) is 32.4. The van der Waals surface area contributed by atoms with Crippen molar-refractivity contribution in [1.82, 2.24) is 4.57 Å². The minimum absolute atomic E-state index is 0.272. The van der Waals surface area contributed by atoms with E-state index in [1.165, 1.54) is 64.7 Å². The molecular formula is C44H35N3SSi. The van der Waals surface area contributed by atoms with Crippen LogP contribution >= 0.6 is 11.8 Å². The number of amidine groups is 1. The van der Waals surface area contributed by atoms with E-state index >= 15 is 0 Å². The van der Waals surface area contributed by atoms with Crippen LogP contribution in [0.15, 0.2) is 174 Å². The monoisotopic (exact) mass is 665 g/mol. The molecule has 0 saturated carbocycles. The SMILES string of the molecule is C1=CC2N=C3CSc4ccc(-n5c6ccccc6c6cc([Si](c7ccccc7)(c7ccccc7)c7ccccc7)ccc65)cc4N3C2CC1. The predicted molar refractivity (Wildman–Crippen MR) is 211 cm³/mol. The van der Waals surface area contributed by atoms with Crippen molar-refractivity contribution in [1.29, 1.82) is 0 Å². The second kappa shape index (κ2) is 11.5. The van der Waals surface area contributed by atoms with Gasteiger partial charge in [-0.2, -0.15) is 0 Å². The number of nitrogens with zero attached hydrogens (tertiary/aromatic N) is 3. The lowest BCUT2D eigenvalue weighted by Crippen LogP contribution is -2.74. The van der Waals surface area contributed by atoms with Gasteiger partial charge in [-0.15, -0.1) is 11.8 Å². The molecule has 0 radical (unpaired) electrons. The third kappa shape index (κ3) is 4.39. The Bertz CT molecular complexity index is 2320. The normalized spacial score (nSPS) is 18.3. The molecule has 0 saturated heterocycles. The fourth-order valence-electron chi connectivity index (χ4n) is 8.71. The number of para-hydroxylation sites is 1. The molecule has 6 aromatic carbocycles. The number of fused-ring (bicyclic) bond motifs is 8. The Hall–Kier alpha value is -5.10. The van der Waals surface area contributed by atoms with Gasteiger partial charge in [0.05, 0.1) is 34.6 Å². The van der Waals surface area contributed by atoms with Gasteiger partial charge in [0.1, 0.15) is 5.84 Å². The first kappa shape index (κ1) is 28.9. The molecule has 0 amide bonds. The summed E-state index contributed by atoms with van der Waals surface area (Å²) in [5.41, 5.74) is 4.98. The van der Waals surface area contributed by atoms with E-state index in [1.807, 2.05) is 11.8 Å². The Morgan fingerprint density at radius 3 is 1.98 bits per heavy atom. The van der Waals surface area contributed by atoms with Crippen molar-refractivity contribution in [3.8, 4) is 5.69 Å². The van der Waals surface area contributed by atoms with E-state index in [0.29, 0.717) is 6.04 Å². The van der Waals surface area contributed by atoms with Crippen LogP contribution in [-0.4, -0.2) is 36.3 Å². The van der Waals surface area contributed by atoms with Gasteiger partial charge in [-0.05, 0) is 63.9 Å². The Morgan fingerprint density at radius 1 is 0.612 bits per heavy atom. The standard InChI is InChI=1S/C44H35N3SSi/c1-4-14-32(15-5-1)49(33-16-6-2-7-17-33,34-18-8-3-9-19-34)35-25-26-40-37(29-35)36-20-10-12-22-39(36)46(40)31-24-27-43-42(28-31)47-41-23-13-11-21-38(41)45-44(47)30-48-43/h1-12,14-22,24-29,38,41H,13,23,30H2. The number of rotatable bonds is 5. The summed E-state index contributed by atoms with van der Waals surface area (Å²) in [6, 6.07) is 57.7. The summed E-state index contributed by atoms with van der Waals surface area (Å²) in [6.07, 6.45) is 6.90. The average molecular weight is 666 g/mol. The molecule has 1 aliphatic carbocycles. The first-order chi connectivity index (χ1) is 24.3. The van der Waals surface area contributed by atoms with Crippen LogP contribution in [0, 0.1) is 0 Å². The second-order valence-corrected chi connectivity index (χ2v) is 18.2. The summed E-state index contributed by atoms with van der Waals surface area (Å²) in [4.78, 5) is 9.08. The van der Waals surface area contributed by atoms with E-state index < -0.39 is 8.07 Å². The van der Waals surface area contributed by atoms with Gasteiger partial charge in [-0.3, -0.25) is 4.99 Å². The highest BCUT2D eigenvalue weighted by Crippen LogP contribution is 2.44. The van der Waals surface area contributed by atoms with Gasteiger partial charge in [0.25, 0.3) is 0 Å². The molecule has 10 rings (SSSR count). The minimum atomic E-state index is -2.66. The van der Waals surface area contributed by atoms with Crippen LogP contribution < -0.4 is 25.6 Å². The van der Waals surface area contributed by atoms with Gasteiger partial charge < -0.3 is 9.47 Å². The summed E-state index contributed by atoms with van der Waals surface area (Å²) in [6.45, 7) is 0. The summed E-state index contributed by atoms with van der Waals surface area (Å²) in [5.74, 6) is 2.17. The third-order valence-corrected chi connectivity index (χ3v) is 16.6. The first-order valence-electron chi connectivity index (χ1n) is 17.3. The van der Waals surface area contributed by atoms with E-state index in [-0.39, 0.29) is 6.04 Å². The fourth-order valence-corrected chi connectivity index (χ4v) is 14.4. The topological polar surface area (TPSA) is 20.5 Å². The van der Waals surface area contributed by atoms with Crippen LogP contribution in [0.1, 0.15) is 12.8 Å². The van der Waals surface area contributed by atoms with Crippen molar-refractivity contribution >= 4 is 73.9 Å². The molecular weight excluding hydrogens is 631 g/mol. The van der Waals surface area contributed by atoms with Crippen molar-refractivity contribution in [2.45, 2.75) is 29.8 Å². The molecule has 0 N–H and O–H groups in total. The van der Waals surface area contributed by atoms with Crippen molar-refractivity contribution in [3.05, 3.63) is 164 Å². The smallest absolute Gasteiger partial charge is 0.179 e. The molecule has 49 heavy (non-hydrogen) atoms. The van der Waals surface area contributed by atoms with E-state index in [0.717, 1.165) is 18.6 Å². The molecule has 7 aromatic rings. The molecule has 0 spiro atoms. The predicted octanol–water partition coefficient (Wildman–Crippen LogP) is 7.57. The Balaban J connectivity index is 1.21. The molecule has 2 atom stereocenters. The van der Waals surface area contributed by atoms with Crippen LogP contribution in [0.5, 0.6) is 0 Å². The molecule has 0 bridgehead atoms.